The predicted molar refractivity (Wildman–Crippen MR) is 81.2 cm³/mol. The average molecular weight is 278 g/mol. The first-order chi connectivity index (χ1) is 9.77. The van der Waals surface area contributed by atoms with E-state index in [1.807, 2.05) is 13.8 Å². The van der Waals surface area contributed by atoms with Crippen LogP contribution in [0.4, 0.5) is 5.82 Å². The van der Waals surface area contributed by atoms with Gasteiger partial charge in [0.25, 0.3) is 0 Å². The molecule has 1 aromatic rings. The third-order valence-corrected chi connectivity index (χ3v) is 3.93. The fraction of sp³-hybridized carbons (Fsp3) is 0.733. The van der Waals surface area contributed by atoms with E-state index in [2.05, 4.69) is 14.9 Å². The van der Waals surface area contributed by atoms with E-state index in [4.69, 9.17) is 10.5 Å². The number of rotatable bonds is 7. The molecule has 1 aliphatic carbocycles. The summed E-state index contributed by atoms with van der Waals surface area (Å²) in [7, 11) is 0. The van der Waals surface area contributed by atoms with Crippen LogP contribution in [0.3, 0.4) is 0 Å². The Bertz CT molecular complexity index is 418. The van der Waals surface area contributed by atoms with E-state index < -0.39 is 0 Å². The van der Waals surface area contributed by atoms with Gasteiger partial charge in [-0.2, -0.15) is 0 Å². The minimum absolute atomic E-state index is 0.588. The maximum absolute atomic E-state index is 5.69. The molecule has 2 rings (SSSR count). The number of anilines is 1. The van der Waals surface area contributed by atoms with Gasteiger partial charge in [-0.1, -0.05) is 12.8 Å². The number of hydrogen-bond acceptors (Lipinski definition) is 5. The molecule has 2 N–H and O–H groups in total. The largest absolute Gasteiger partial charge is 0.478 e. The smallest absolute Gasteiger partial charge is 0.221 e. The highest BCUT2D eigenvalue weighted by atomic mass is 16.5. The highest BCUT2D eigenvalue weighted by Crippen LogP contribution is 2.31. The summed E-state index contributed by atoms with van der Waals surface area (Å²) >= 11 is 0. The standard InChI is InChI=1S/C15H26N4O/c1-3-20-15-12(2)14(17-11-18-15)19(10-6-9-16)13-7-4-5-8-13/h11,13H,3-10,16H2,1-2H3. The molecule has 0 unspecified atom stereocenters. The monoisotopic (exact) mass is 278 g/mol. The summed E-state index contributed by atoms with van der Waals surface area (Å²) < 4.78 is 5.59. The van der Waals surface area contributed by atoms with Gasteiger partial charge in [-0.3, -0.25) is 0 Å². The third kappa shape index (κ3) is 3.39. The van der Waals surface area contributed by atoms with E-state index in [9.17, 15) is 0 Å². The lowest BCUT2D eigenvalue weighted by Gasteiger charge is -2.31. The van der Waals surface area contributed by atoms with E-state index >= 15 is 0 Å². The molecule has 0 bridgehead atoms. The molecular formula is C15H26N4O. The van der Waals surface area contributed by atoms with Crippen molar-refractivity contribution in [3.63, 3.8) is 0 Å². The second-order valence-corrected chi connectivity index (χ2v) is 5.33. The van der Waals surface area contributed by atoms with E-state index in [0.717, 1.165) is 24.3 Å². The van der Waals surface area contributed by atoms with Crippen molar-refractivity contribution in [2.75, 3.05) is 24.6 Å². The molecule has 0 amide bonds. The van der Waals surface area contributed by atoms with Gasteiger partial charge in [0, 0.05) is 12.6 Å². The molecule has 0 aromatic carbocycles. The normalized spacial score (nSPS) is 15.6. The molecule has 0 radical (unpaired) electrons. The van der Waals surface area contributed by atoms with Gasteiger partial charge in [0.05, 0.1) is 12.2 Å². The van der Waals surface area contributed by atoms with E-state index in [-0.39, 0.29) is 0 Å². The second kappa shape index (κ2) is 7.43. The minimum Gasteiger partial charge on any atom is -0.478 e. The highest BCUT2D eigenvalue weighted by molar-refractivity contribution is 5.51. The zero-order chi connectivity index (χ0) is 14.4. The molecular weight excluding hydrogens is 252 g/mol. The molecule has 20 heavy (non-hydrogen) atoms. The lowest BCUT2D eigenvalue weighted by Crippen LogP contribution is -2.36. The third-order valence-electron chi connectivity index (χ3n) is 3.93. The van der Waals surface area contributed by atoms with Crippen LogP contribution in [0.1, 0.15) is 44.6 Å². The van der Waals surface area contributed by atoms with Crippen molar-refractivity contribution in [2.45, 2.75) is 52.0 Å². The van der Waals surface area contributed by atoms with Crippen LogP contribution in [0.5, 0.6) is 5.88 Å². The van der Waals surface area contributed by atoms with Gasteiger partial charge in [0.15, 0.2) is 0 Å². The van der Waals surface area contributed by atoms with Crippen LogP contribution >= 0.6 is 0 Å². The van der Waals surface area contributed by atoms with Crippen molar-refractivity contribution in [2.24, 2.45) is 5.73 Å². The first-order valence-corrected chi connectivity index (χ1v) is 7.69. The molecule has 0 aliphatic heterocycles. The number of ether oxygens (including phenoxy) is 1. The molecule has 1 aromatic heterocycles. The minimum atomic E-state index is 0.588. The summed E-state index contributed by atoms with van der Waals surface area (Å²) in [5.74, 6) is 1.72. The van der Waals surface area contributed by atoms with Crippen molar-refractivity contribution in [3.8, 4) is 5.88 Å². The van der Waals surface area contributed by atoms with Crippen LogP contribution in [-0.2, 0) is 0 Å². The number of aromatic nitrogens is 2. The Labute approximate surface area is 121 Å². The molecule has 1 saturated carbocycles. The molecule has 1 fully saturated rings. The fourth-order valence-corrected chi connectivity index (χ4v) is 2.94. The van der Waals surface area contributed by atoms with Crippen LogP contribution in [0.25, 0.3) is 0 Å². The van der Waals surface area contributed by atoms with E-state index in [1.54, 1.807) is 6.33 Å². The number of hydrogen-bond donors (Lipinski definition) is 1. The van der Waals surface area contributed by atoms with Crippen LogP contribution in [-0.4, -0.2) is 35.7 Å². The van der Waals surface area contributed by atoms with Crippen molar-refractivity contribution in [1.29, 1.82) is 0 Å². The Balaban J connectivity index is 2.24. The molecule has 1 aliphatic rings. The zero-order valence-corrected chi connectivity index (χ0v) is 12.6. The lowest BCUT2D eigenvalue weighted by atomic mass is 10.1. The first-order valence-electron chi connectivity index (χ1n) is 7.69. The number of nitrogens with two attached hydrogens (primary N) is 1. The Morgan fingerprint density at radius 3 is 2.75 bits per heavy atom. The number of nitrogens with zero attached hydrogens (tertiary/aromatic N) is 3. The summed E-state index contributed by atoms with van der Waals surface area (Å²) in [5.41, 5.74) is 6.73. The molecule has 0 saturated heterocycles. The van der Waals surface area contributed by atoms with Crippen LogP contribution in [0, 0.1) is 6.92 Å². The maximum atomic E-state index is 5.69. The highest BCUT2D eigenvalue weighted by Gasteiger charge is 2.25. The van der Waals surface area contributed by atoms with Gasteiger partial charge < -0.3 is 15.4 Å². The van der Waals surface area contributed by atoms with E-state index in [1.165, 1.54) is 25.7 Å². The molecule has 0 spiro atoms. The van der Waals surface area contributed by atoms with Crippen molar-refractivity contribution in [3.05, 3.63) is 11.9 Å². The molecule has 112 valence electrons. The Morgan fingerprint density at radius 2 is 2.10 bits per heavy atom. The topological polar surface area (TPSA) is 64.3 Å². The van der Waals surface area contributed by atoms with Gasteiger partial charge in [-0.05, 0) is 39.7 Å². The zero-order valence-electron chi connectivity index (χ0n) is 12.6. The Morgan fingerprint density at radius 1 is 1.35 bits per heavy atom. The maximum Gasteiger partial charge on any atom is 0.221 e. The predicted octanol–water partition coefficient (Wildman–Crippen LogP) is 2.28. The van der Waals surface area contributed by atoms with Gasteiger partial charge in [0.2, 0.25) is 5.88 Å². The summed E-state index contributed by atoms with van der Waals surface area (Å²) in [6.07, 6.45) is 7.72. The SMILES string of the molecule is CCOc1ncnc(N(CCCN)C2CCCC2)c1C. The van der Waals surface area contributed by atoms with Gasteiger partial charge >= 0.3 is 0 Å². The van der Waals surface area contributed by atoms with Gasteiger partial charge in [-0.15, -0.1) is 0 Å². The van der Waals surface area contributed by atoms with Crippen molar-refractivity contribution >= 4 is 5.82 Å². The first kappa shape index (κ1) is 15.0. The van der Waals surface area contributed by atoms with Crippen molar-refractivity contribution < 1.29 is 4.74 Å². The molecule has 5 nitrogen and oxygen atoms in total. The Hall–Kier alpha value is -1.36. The summed E-state index contributed by atoms with van der Waals surface area (Å²) in [4.78, 5) is 11.2. The van der Waals surface area contributed by atoms with Gasteiger partial charge in [0.1, 0.15) is 12.1 Å². The average Bonchev–Trinajstić information content (AvgIpc) is 2.97. The van der Waals surface area contributed by atoms with Crippen LogP contribution in [0.15, 0.2) is 6.33 Å². The fourth-order valence-electron chi connectivity index (χ4n) is 2.94. The molecule has 0 atom stereocenters. The van der Waals surface area contributed by atoms with Gasteiger partial charge in [-0.25, -0.2) is 9.97 Å². The lowest BCUT2D eigenvalue weighted by molar-refractivity contribution is 0.323. The second-order valence-electron chi connectivity index (χ2n) is 5.33. The Kier molecular flexibility index (Phi) is 5.59. The summed E-state index contributed by atoms with van der Waals surface area (Å²) in [6, 6.07) is 0.588. The molecule has 1 heterocycles. The van der Waals surface area contributed by atoms with E-state index in [0.29, 0.717) is 25.1 Å². The molecule has 5 heteroatoms. The summed E-state index contributed by atoms with van der Waals surface area (Å²) in [5, 5.41) is 0. The van der Waals surface area contributed by atoms with Crippen LogP contribution in [0.2, 0.25) is 0 Å². The quantitative estimate of drug-likeness (QED) is 0.829. The van der Waals surface area contributed by atoms with Crippen LogP contribution < -0.4 is 15.4 Å². The summed E-state index contributed by atoms with van der Waals surface area (Å²) in [6.45, 7) is 6.33. The van der Waals surface area contributed by atoms with Crippen molar-refractivity contribution in [1.82, 2.24) is 9.97 Å².